The largest absolute Gasteiger partial charge is 0.348 e. The van der Waals surface area contributed by atoms with Gasteiger partial charge in [0, 0.05) is 17.6 Å². The van der Waals surface area contributed by atoms with Crippen LogP contribution in [-0.4, -0.2) is 20.4 Å². The van der Waals surface area contributed by atoms with Crippen molar-refractivity contribution in [3.05, 3.63) is 62.6 Å². The molecule has 26 heavy (non-hydrogen) atoms. The van der Waals surface area contributed by atoms with Gasteiger partial charge in [0.2, 0.25) is 10.0 Å². The van der Waals surface area contributed by atoms with Gasteiger partial charge < -0.3 is 5.32 Å². The van der Waals surface area contributed by atoms with E-state index >= 15 is 0 Å². The Hall–Kier alpha value is -1.31. The lowest BCUT2D eigenvalue weighted by molar-refractivity contribution is 0.0951. The first kappa shape index (κ1) is 19.5. The third-order valence-electron chi connectivity index (χ3n) is 3.85. The lowest BCUT2D eigenvalue weighted by Gasteiger charge is -2.12. The molecule has 2 aromatic rings. The van der Waals surface area contributed by atoms with E-state index < -0.39 is 15.9 Å². The molecule has 0 bridgehead atoms. The Morgan fingerprint density at radius 1 is 1.04 bits per heavy atom. The van der Waals surface area contributed by atoms with Gasteiger partial charge in [0.05, 0.1) is 15.6 Å². The Morgan fingerprint density at radius 2 is 1.73 bits per heavy atom. The second-order valence-electron chi connectivity index (χ2n) is 5.93. The molecule has 9 heteroatoms. The minimum atomic E-state index is -3.82. The molecular weight excluding hydrogens is 419 g/mol. The molecular formula is C17H15Cl3N2O3S. The molecule has 2 N–H and O–H groups in total. The molecule has 5 nitrogen and oxygen atoms in total. The summed E-state index contributed by atoms with van der Waals surface area (Å²) in [5.41, 5.74) is 0.759. The molecule has 138 valence electrons. The van der Waals surface area contributed by atoms with Gasteiger partial charge in [0.25, 0.3) is 5.91 Å². The minimum absolute atomic E-state index is 0.0271. The summed E-state index contributed by atoms with van der Waals surface area (Å²) in [6, 6.07) is 9.45. The summed E-state index contributed by atoms with van der Waals surface area (Å²) in [4.78, 5) is 12.3. The Bertz CT molecular complexity index is 960. The van der Waals surface area contributed by atoms with E-state index in [0.29, 0.717) is 5.02 Å². The van der Waals surface area contributed by atoms with E-state index in [0.717, 1.165) is 18.4 Å². The van der Waals surface area contributed by atoms with E-state index in [1.807, 2.05) is 0 Å². The van der Waals surface area contributed by atoms with Crippen LogP contribution < -0.4 is 10.0 Å². The molecule has 0 aromatic heterocycles. The van der Waals surface area contributed by atoms with Gasteiger partial charge in [-0.15, -0.1) is 0 Å². The van der Waals surface area contributed by atoms with Crippen molar-refractivity contribution < 1.29 is 13.2 Å². The third-order valence-corrected chi connectivity index (χ3v) is 6.52. The fraction of sp³-hybridized carbons (Fsp3) is 0.235. The lowest BCUT2D eigenvalue weighted by atomic mass is 10.2. The van der Waals surface area contributed by atoms with Gasteiger partial charge in [0.15, 0.2) is 0 Å². The van der Waals surface area contributed by atoms with Gasteiger partial charge in [-0.05, 0) is 36.6 Å². The van der Waals surface area contributed by atoms with E-state index in [2.05, 4.69) is 10.0 Å². The lowest BCUT2D eigenvalue weighted by Crippen LogP contribution is -2.27. The van der Waals surface area contributed by atoms with E-state index in [1.54, 1.807) is 24.3 Å². The van der Waals surface area contributed by atoms with Crippen LogP contribution >= 0.6 is 34.8 Å². The topological polar surface area (TPSA) is 75.3 Å². The van der Waals surface area contributed by atoms with E-state index in [-0.39, 0.29) is 33.1 Å². The van der Waals surface area contributed by atoms with Crippen LogP contribution in [0.3, 0.4) is 0 Å². The average Bonchev–Trinajstić information content (AvgIpc) is 3.37. The highest BCUT2D eigenvalue weighted by molar-refractivity contribution is 7.89. The van der Waals surface area contributed by atoms with Crippen molar-refractivity contribution >= 4 is 50.7 Å². The summed E-state index contributed by atoms with van der Waals surface area (Å²) < 4.78 is 27.4. The van der Waals surface area contributed by atoms with Crippen molar-refractivity contribution in [2.24, 2.45) is 0 Å². The first-order valence-electron chi connectivity index (χ1n) is 7.81. The number of carbonyl (C=O) groups is 1. The maximum absolute atomic E-state index is 12.5. The summed E-state index contributed by atoms with van der Waals surface area (Å²) in [6.07, 6.45) is 1.57. The zero-order chi connectivity index (χ0) is 18.9. The number of sulfonamides is 1. The SMILES string of the molecule is O=C(NCc1ccccc1Cl)c1cc(S(=O)(=O)NC2CC2)c(Cl)cc1Cl. The van der Waals surface area contributed by atoms with E-state index in [9.17, 15) is 13.2 Å². The summed E-state index contributed by atoms with van der Waals surface area (Å²) >= 11 is 18.2. The van der Waals surface area contributed by atoms with E-state index in [4.69, 9.17) is 34.8 Å². The van der Waals surface area contributed by atoms with Gasteiger partial charge in [-0.2, -0.15) is 0 Å². The maximum atomic E-state index is 12.5. The molecule has 0 radical (unpaired) electrons. The second-order valence-corrected chi connectivity index (χ2v) is 8.84. The summed E-state index contributed by atoms with van der Waals surface area (Å²) in [7, 11) is -3.82. The zero-order valence-electron chi connectivity index (χ0n) is 13.4. The number of nitrogens with one attached hydrogen (secondary N) is 2. The Labute approximate surface area is 166 Å². The van der Waals surface area contributed by atoms with E-state index in [1.165, 1.54) is 12.1 Å². The zero-order valence-corrected chi connectivity index (χ0v) is 16.5. The van der Waals surface area contributed by atoms with Gasteiger partial charge in [-0.25, -0.2) is 13.1 Å². The number of rotatable bonds is 6. The standard InChI is InChI=1S/C17H15Cl3N2O3S/c18-13-4-2-1-3-10(13)9-21-17(23)12-7-16(15(20)8-14(12)19)26(24,25)22-11-5-6-11/h1-4,7-8,11,22H,5-6,9H2,(H,21,23). The smallest absolute Gasteiger partial charge is 0.253 e. The van der Waals surface area contributed by atoms with Crippen LogP contribution in [0.15, 0.2) is 41.3 Å². The number of carbonyl (C=O) groups excluding carboxylic acids is 1. The first-order valence-corrected chi connectivity index (χ1v) is 10.4. The average molecular weight is 434 g/mol. The van der Waals surface area contributed by atoms with Crippen molar-refractivity contribution in [2.75, 3.05) is 0 Å². The third kappa shape index (κ3) is 4.50. The molecule has 2 aromatic carbocycles. The van der Waals surface area contributed by atoms with Crippen LogP contribution in [0.4, 0.5) is 0 Å². The molecule has 0 unspecified atom stereocenters. The normalized spacial score (nSPS) is 14.3. The quantitative estimate of drug-likeness (QED) is 0.722. The van der Waals surface area contributed by atoms with Crippen molar-refractivity contribution in [1.29, 1.82) is 0 Å². The second kappa shape index (κ2) is 7.74. The highest BCUT2D eigenvalue weighted by Crippen LogP contribution is 2.30. The molecule has 0 heterocycles. The van der Waals surface area contributed by atoms with Gasteiger partial charge in [-0.3, -0.25) is 4.79 Å². The molecule has 1 fully saturated rings. The predicted octanol–water partition coefficient (Wildman–Crippen LogP) is 4.02. The number of hydrogen-bond acceptors (Lipinski definition) is 3. The molecule has 1 saturated carbocycles. The van der Waals surface area contributed by atoms with Gasteiger partial charge in [0.1, 0.15) is 4.90 Å². The molecule has 1 aliphatic rings. The number of halogens is 3. The molecule has 3 rings (SSSR count). The number of hydrogen-bond donors (Lipinski definition) is 2. The highest BCUT2D eigenvalue weighted by atomic mass is 35.5. The van der Waals surface area contributed by atoms with Gasteiger partial charge >= 0.3 is 0 Å². The minimum Gasteiger partial charge on any atom is -0.348 e. The molecule has 1 amide bonds. The fourth-order valence-electron chi connectivity index (χ4n) is 2.31. The van der Waals surface area contributed by atoms with Crippen LogP contribution in [0.5, 0.6) is 0 Å². The summed E-state index contributed by atoms with van der Waals surface area (Å²) in [5.74, 6) is -0.519. The van der Waals surface area contributed by atoms with Crippen LogP contribution in [0.2, 0.25) is 15.1 Å². The van der Waals surface area contributed by atoms with Crippen molar-refractivity contribution in [1.82, 2.24) is 10.0 Å². The first-order chi connectivity index (χ1) is 12.3. The predicted molar refractivity (Wildman–Crippen MR) is 102 cm³/mol. The monoisotopic (exact) mass is 432 g/mol. The maximum Gasteiger partial charge on any atom is 0.253 e. The highest BCUT2D eigenvalue weighted by Gasteiger charge is 2.30. The molecule has 0 atom stereocenters. The van der Waals surface area contributed by atoms with Crippen molar-refractivity contribution in [2.45, 2.75) is 30.3 Å². The Balaban J connectivity index is 1.83. The fourth-order valence-corrected chi connectivity index (χ4v) is 4.67. The molecule has 1 aliphatic carbocycles. The van der Waals surface area contributed by atoms with Crippen LogP contribution in [0.25, 0.3) is 0 Å². The molecule has 0 saturated heterocycles. The van der Waals surface area contributed by atoms with Gasteiger partial charge in [-0.1, -0.05) is 53.0 Å². The number of amides is 1. The van der Waals surface area contributed by atoms with Crippen LogP contribution in [0.1, 0.15) is 28.8 Å². The Kier molecular flexibility index (Phi) is 5.79. The van der Waals surface area contributed by atoms with Crippen LogP contribution in [0, 0.1) is 0 Å². The summed E-state index contributed by atoms with van der Waals surface area (Å²) in [5, 5.41) is 3.23. The molecule has 0 spiro atoms. The number of benzene rings is 2. The Morgan fingerprint density at radius 3 is 2.38 bits per heavy atom. The van der Waals surface area contributed by atoms with Crippen LogP contribution in [-0.2, 0) is 16.6 Å². The molecule has 0 aliphatic heterocycles. The van der Waals surface area contributed by atoms with Crippen molar-refractivity contribution in [3.8, 4) is 0 Å². The van der Waals surface area contributed by atoms with Crippen molar-refractivity contribution in [3.63, 3.8) is 0 Å². The summed E-state index contributed by atoms with van der Waals surface area (Å²) in [6.45, 7) is 0.180.